The number of carbonyl (C=O) groups excluding carboxylic acids is 4. The van der Waals surface area contributed by atoms with Crippen molar-refractivity contribution in [1.82, 2.24) is 10.2 Å². The molecule has 45 heavy (non-hydrogen) atoms. The first-order valence-electron chi connectivity index (χ1n) is 15.4. The summed E-state index contributed by atoms with van der Waals surface area (Å²) in [5.41, 5.74) is -0.231. The highest BCUT2D eigenvalue weighted by Gasteiger charge is 2.73. The molecule has 2 aromatic carbocycles. The molecule has 2 N–H and O–H groups in total. The van der Waals surface area contributed by atoms with Gasteiger partial charge in [0.05, 0.1) is 29.3 Å². The van der Waals surface area contributed by atoms with Crippen molar-refractivity contribution in [1.29, 1.82) is 0 Å². The van der Waals surface area contributed by atoms with E-state index in [1.54, 1.807) is 42.5 Å². The molecule has 11 heteroatoms. The Hall–Kier alpha value is -3.99. The summed E-state index contributed by atoms with van der Waals surface area (Å²) in [5, 5.41) is 12.7. The number of cyclic esters (lactones) is 1. The second kappa shape index (κ2) is 13.2. The fraction of sp³-hybridized carbons (Fsp3) is 0.412. The molecule has 0 saturated carbocycles. The van der Waals surface area contributed by atoms with Gasteiger partial charge in [0.1, 0.15) is 23.7 Å². The summed E-state index contributed by atoms with van der Waals surface area (Å²) in [6.45, 7) is 0.332. The van der Waals surface area contributed by atoms with Crippen LogP contribution in [0.1, 0.15) is 37.4 Å². The van der Waals surface area contributed by atoms with E-state index in [4.69, 9.17) is 21.1 Å². The number of carbonyl (C=O) groups is 4. The number of esters is 1. The van der Waals surface area contributed by atoms with E-state index in [9.17, 15) is 24.3 Å². The fourth-order valence-electron chi connectivity index (χ4n) is 6.90. The van der Waals surface area contributed by atoms with Crippen LogP contribution in [0.3, 0.4) is 0 Å². The SMILES string of the molecule is O=C1CC/C=C\CN(c2ccccc2Cl)C(=O)[C@H]2N(CCCCO)C(=O)[C@@H]3[C@@H](C(=O)O[C@@H](c4ccccc4)CN1)[C@H]1C=C[C@]32O1. The van der Waals surface area contributed by atoms with Crippen LogP contribution in [0.5, 0.6) is 0 Å². The summed E-state index contributed by atoms with van der Waals surface area (Å²) < 4.78 is 12.5. The molecule has 2 saturated heterocycles. The fourth-order valence-corrected chi connectivity index (χ4v) is 7.14. The van der Waals surface area contributed by atoms with Crippen molar-refractivity contribution in [3.8, 4) is 0 Å². The minimum absolute atomic E-state index is 0.0589. The summed E-state index contributed by atoms with van der Waals surface area (Å²) in [6.07, 6.45) is 7.09. The smallest absolute Gasteiger partial charge is 0.313 e. The van der Waals surface area contributed by atoms with Gasteiger partial charge in [0.2, 0.25) is 11.8 Å². The maximum Gasteiger partial charge on any atom is 0.313 e. The van der Waals surface area contributed by atoms with E-state index in [1.807, 2.05) is 36.4 Å². The third-order valence-electron chi connectivity index (χ3n) is 9.00. The van der Waals surface area contributed by atoms with E-state index in [2.05, 4.69) is 5.32 Å². The van der Waals surface area contributed by atoms with Crippen molar-refractivity contribution in [3.63, 3.8) is 0 Å². The lowest BCUT2D eigenvalue weighted by molar-refractivity contribution is -0.159. The van der Waals surface area contributed by atoms with Crippen molar-refractivity contribution in [3.05, 3.63) is 89.5 Å². The van der Waals surface area contributed by atoms with Crippen LogP contribution in [-0.4, -0.2) is 77.7 Å². The predicted molar refractivity (Wildman–Crippen MR) is 166 cm³/mol. The first-order valence-corrected chi connectivity index (χ1v) is 15.7. The molecule has 6 atom stereocenters. The number of aliphatic hydroxyl groups is 1. The molecule has 2 fully saturated rings. The van der Waals surface area contributed by atoms with Crippen molar-refractivity contribution >= 4 is 41.0 Å². The molecule has 0 radical (unpaired) electrons. The third-order valence-corrected chi connectivity index (χ3v) is 9.32. The number of ether oxygens (including phenoxy) is 2. The number of unbranched alkanes of at least 4 members (excludes halogenated alkanes) is 1. The highest BCUT2D eigenvalue weighted by molar-refractivity contribution is 6.34. The number of amides is 3. The number of hydrogen-bond acceptors (Lipinski definition) is 7. The Morgan fingerprint density at radius 1 is 0.978 bits per heavy atom. The number of nitrogens with one attached hydrogen (secondary N) is 1. The number of benzene rings is 2. The maximum atomic E-state index is 14.7. The number of likely N-dealkylation sites (tertiary alicyclic amines) is 1. The number of anilines is 1. The quantitative estimate of drug-likeness (QED) is 0.284. The minimum Gasteiger partial charge on any atom is -0.455 e. The summed E-state index contributed by atoms with van der Waals surface area (Å²) in [6, 6.07) is 15.0. The normalized spacial score (nSPS) is 30.8. The largest absolute Gasteiger partial charge is 0.455 e. The highest BCUT2D eigenvalue weighted by atomic mass is 35.5. The minimum atomic E-state index is -1.39. The monoisotopic (exact) mass is 633 g/mol. The van der Waals surface area contributed by atoms with E-state index in [1.165, 1.54) is 9.80 Å². The van der Waals surface area contributed by atoms with Gasteiger partial charge in [-0.05, 0) is 37.0 Å². The second-order valence-electron chi connectivity index (χ2n) is 11.7. The number of allylic oxidation sites excluding steroid dienone is 1. The standard InChI is InChI=1S/C34H36ClN3O7/c35-23-13-6-7-14-24(23)37-18-8-2-5-15-27(40)36-21-26(22-11-3-1-4-12-22)44-33(43)28-25-16-17-34(45-25)29(28)31(41)38(19-9-10-20-39)30(34)32(37)42/h1-4,6-8,11-14,16-17,25-26,28-30,39H,5,9-10,15,18-21H2,(H,36,40)/b8-2-/t25-,26-,28+,29+,30-,34+/m1/s1. The molecule has 4 heterocycles. The van der Waals surface area contributed by atoms with Crippen LogP contribution in [0.15, 0.2) is 78.9 Å². The Labute approximate surface area is 266 Å². The lowest BCUT2D eigenvalue weighted by Crippen LogP contribution is -2.56. The summed E-state index contributed by atoms with van der Waals surface area (Å²) >= 11 is 6.59. The summed E-state index contributed by atoms with van der Waals surface area (Å²) in [7, 11) is 0. The number of hydrogen-bond donors (Lipinski definition) is 2. The van der Waals surface area contributed by atoms with E-state index in [0.29, 0.717) is 35.5 Å². The molecule has 10 nitrogen and oxygen atoms in total. The Morgan fingerprint density at radius 2 is 1.76 bits per heavy atom. The summed E-state index contributed by atoms with van der Waals surface area (Å²) in [4.78, 5) is 58.8. The van der Waals surface area contributed by atoms with Gasteiger partial charge < -0.3 is 29.7 Å². The zero-order chi connectivity index (χ0) is 31.6. The number of halogens is 1. The predicted octanol–water partition coefficient (Wildman–Crippen LogP) is 3.35. The van der Waals surface area contributed by atoms with Crippen molar-refractivity contribution in [2.45, 2.75) is 49.5 Å². The van der Waals surface area contributed by atoms with Crippen molar-refractivity contribution < 1.29 is 33.8 Å². The lowest BCUT2D eigenvalue weighted by Gasteiger charge is -2.36. The third kappa shape index (κ3) is 5.78. The average molecular weight is 634 g/mol. The topological polar surface area (TPSA) is 125 Å². The van der Waals surface area contributed by atoms with Gasteiger partial charge in [0.25, 0.3) is 5.91 Å². The van der Waals surface area contributed by atoms with Crippen LogP contribution in [0.2, 0.25) is 5.02 Å². The molecule has 4 aliphatic rings. The zero-order valence-electron chi connectivity index (χ0n) is 24.7. The van der Waals surface area contributed by atoms with Gasteiger partial charge in [-0.15, -0.1) is 0 Å². The number of nitrogens with zero attached hydrogens (tertiary/aromatic N) is 2. The van der Waals surface area contributed by atoms with Crippen molar-refractivity contribution in [2.24, 2.45) is 11.8 Å². The molecule has 0 unspecified atom stereocenters. The first kappa shape index (κ1) is 31.0. The lowest BCUT2D eigenvalue weighted by atomic mass is 9.74. The molecule has 6 rings (SSSR count). The van der Waals surface area contributed by atoms with Gasteiger partial charge in [0.15, 0.2) is 0 Å². The molecule has 1 spiro atoms. The Morgan fingerprint density at radius 3 is 2.53 bits per heavy atom. The van der Waals surface area contributed by atoms with E-state index in [0.717, 1.165) is 0 Å². The molecule has 0 aliphatic carbocycles. The Kier molecular flexibility index (Phi) is 9.07. The molecule has 236 valence electrons. The number of aliphatic hydroxyl groups excluding tert-OH is 1. The van der Waals surface area contributed by atoms with Crippen molar-refractivity contribution in [2.75, 3.05) is 31.1 Å². The van der Waals surface area contributed by atoms with Crippen LogP contribution in [0.4, 0.5) is 5.69 Å². The van der Waals surface area contributed by atoms with Crippen LogP contribution >= 0.6 is 11.6 Å². The van der Waals surface area contributed by atoms with Gasteiger partial charge in [-0.1, -0.05) is 78.4 Å². The van der Waals surface area contributed by atoms with Crippen LogP contribution in [-0.2, 0) is 28.7 Å². The van der Waals surface area contributed by atoms with E-state index >= 15 is 0 Å². The van der Waals surface area contributed by atoms with Crippen LogP contribution in [0.25, 0.3) is 0 Å². The number of para-hydroxylation sites is 1. The molecule has 5 bridgehead atoms. The van der Waals surface area contributed by atoms with Crippen LogP contribution in [0, 0.1) is 11.8 Å². The van der Waals surface area contributed by atoms with Gasteiger partial charge in [0, 0.05) is 26.1 Å². The highest BCUT2D eigenvalue weighted by Crippen LogP contribution is 2.56. The maximum absolute atomic E-state index is 14.7. The van der Waals surface area contributed by atoms with E-state index in [-0.39, 0.29) is 44.5 Å². The molecule has 0 aromatic heterocycles. The molecular formula is C34H36ClN3O7. The summed E-state index contributed by atoms with van der Waals surface area (Å²) in [5.74, 6) is -3.61. The Bertz CT molecular complexity index is 1510. The van der Waals surface area contributed by atoms with Gasteiger partial charge in [-0.3, -0.25) is 19.2 Å². The molecule has 4 aliphatic heterocycles. The number of fused-ring (bicyclic) bond motifs is 2. The average Bonchev–Trinajstić information content (AvgIpc) is 3.69. The zero-order valence-corrected chi connectivity index (χ0v) is 25.5. The molecule has 3 amide bonds. The molecular weight excluding hydrogens is 598 g/mol. The van der Waals surface area contributed by atoms with E-state index < -0.39 is 47.6 Å². The number of rotatable bonds is 6. The first-order chi connectivity index (χ1) is 21.9. The second-order valence-corrected chi connectivity index (χ2v) is 12.1. The van der Waals surface area contributed by atoms with Gasteiger partial charge in [-0.25, -0.2) is 0 Å². The van der Waals surface area contributed by atoms with Gasteiger partial charge in [-0.2, -0.15) is 0 Å². The molecule has 2 aromatic rings. The van der Waals surface area contributed by atoms with Gasteiger partial charge >= 0.3 is 5.97 Å². The Balaban J connectivity index is 1.43. The van der Waals surface area contributed by atoms with Crippen LogP contribution < -0.4 is 10.2 Å².